The van der Waals surface area contributed by atoms with E-state index >= 15 is 0 Å². The van der Waals surface area contributed by atoms with Crippen LogP contribution in [0.15, 0.2) is 126 Å². The summed E-state index contributed by atoms with van der Waals surface area (Å²) in [6.07, 6.45) is 8.49. The van der Waals surface area contributed by atoms with Crippen LogP contribution in [0.4, 0.5) is 11.4 Å². The molecule has 0 spiro atoms. The second kappa shape index (κ2) is 15.5. The maximum Gasteiger partial charge on any atom is 0.258 e. The topological polar surface area (TPSA) is 65.1 Å². The molecule has 1 amide bonds. The summed E-state index contributed by atoms with van der Waals surface area (Å²) in [7, 11) is -1.41. The van der Waals surface area contributed by atoms with E-state index in [1.54, 1.807) is 11.0 Å². The quantitative estimate of drug-likeness (QED) is 0.126. The minimum Gasteiger partial charge on any atom is -0.489 e. The van der Waals surface area contributed by atoms with Crippen LogP contribution in [0.1, 0.15) is 33.3 Å². The normalized spacial score (nSPS) is 16.7. The predicted octanol–water partition coefficient (Wildman–Crippen LogP) is 7.38. The molecule has 0 aliphatic carbocycles. The van der Waals surface area contributed by atoms with Crippen molar-refractivity contribution in [2.45, 2.75) is 45.1 Å². The van der Waals surface area contributed by atoms with Gasteiger partial charge < -0.3 is 19.3 Å². The highest BCUT2D eigenvalue weighted by molar-refractivity contribution is 7.86. The van der Waals surface area contributed by atoms with Crippen LogP contribution in [0.25, 0.3) is 10.8 Å². The van der Waals surface area contributed by atoms with Crippen molar-refractivity contribution in [2.24, 2.45) is 0 Å². The summed E-state index contributed by atoms with van der Waals surface area (Å²) in [5.41, 5.74) is 5.20. The molecule has 8 heteroatoms. The van der Waals surface area contributed by atoms with Gasteiger partial charge in [-0.15, -0.1) is 0 Å². The number of carbonyl (C=O) groups is 1. The molecule has 1 unspecified atom stereocenters. The molecule has 1 atom stereocenters. The van der Waals surface area contributed by atoms with Crippen molar-refractivity contribution < 1.29 is 13.7 Å². The highest BCUT2D eigenvalue weighted by Gasteiger charge is 2.27. The largest absolute Gasteiger partial charge is 0.489 e. The van der Waals surface area contributed by atoms with Crippen molar-refractivity contribution in [1.82, 2.24) is 9.80 Å². The highest BCUT2D eigenvalue weighted by atomic mass is 32.2. The fourth-order valence-corrected chi connectivity index (χ4v) is 7.08. The van der Waals surface area contributed by atoms with E-state index < -0.39 is 11.0 Å². The van der Waals surface area contributed by atoms with E-state index in [0.717, 1.165) is 77.3 Å². The van der Waals surface area contributed by atoms with Crippen LogP contribution in [-0.4, -0.2) is 65.3 Å². The Morgan fingerprint density at radius 3 is 2.40 bits per heavy atom. The molecule has 7 nitrogen and oxygen atoms in total. The van der Waals surface area contributed by atoms with Crippen molar-refractivity contribution >= 4 is 39.0 Å². The maximum absolute atomic E-state index is 13.7. The monoisotopic (exact) mass is 650 g/mol. The first-order valence-electron chi connectivity index (χ1n) is 16.3. The second-order valence-electron chi connectivity index (χ2n) is 12.1. The molecule has 1 fully saturated rings. The van der Waals surface area contributed by atoms with Gasteiger partial charge in [-0.05, 0) is 98.5 Å². The Hall–Kier alpha value is -4.40. The molecule has 0 radical (unpaired) electrons. The Morgan fingerprint density at radius 1 is 0.979 bits per heavy atom. The van der Waals surface area contributed by atoms with Gasteiger partial charge in [0.25, 0.3) is 5.91 Å². The average Bonchev–Trinajstić information content (AvgIpc) is 3.50. The lowest BCUT2D eigenvalue weighted by Gasteiger charge is -2.38. The number of nitrogens with one attached hydrogen (secondary N) is 1. The van der Waals surface area contributed by atoms with Gasteiger partial charge in [-0.3, -0.25) is 9.69 Å². The van der Waals surface area contributed by atoms with Crippen molar-refractivity contribution in [3.63, 3.8) is 0 Å². The van der Waals surface area contributed by atoms with Gasteiger partial charge >= 0.3 is 0 Å². The third-order valence-corrected chi connectivity index (χ3v) is 9.59. The van der Waals surface area contributed by atoms with Crippen molar-refractivity contribution in [3.05, 3.63) is 126 Å². The van der Waals surface area contributed by atoms with E-state index in [9.17, 15) is 9.00 Å². The maximum atomic E-state index is 13.7. The first kappa shape index (κ1) is 33.9. The van der Waals surface area contributed by atoms with Crippen molar-refractivity contribution in [1.29, 1.82) is 0 Å². The van der Waals surface area contributed by atoms with Crippen LogP contribution in [0.3, 0.4) is 0 Å². The van der Waals surface area contributed by atoms with E-state index in [0.29, 0.717) is 23.6 Å². The Labute approximate surface area is 282 Å². The summed E-state index contributed by atoms with van der Waals surface area (Å²) < 4.78 is 22.3. The zero-order chi connectivity index (χ0) is 33.5. The molecular formula is C39H46N4O3S. The number of nitrogens with zero attached hydrogens (tertiary/aromatic N) is 3. The predicted molar refractivity (Wildman–Crippen MR) is 196 cm³/mol. The lowest BCUT2D eigenvalue weighted by Crippen LogP contribution is -2.46. The van der Waals surface area contributed by atoms with E-state index in [4.69, 9.17) is 4.74 Å². The SMILES string of the molecule is C=C/C(=C\C(=C)CN1CCN(C(=C/C)/C(=C\C)OC(C)C)CC1)C(=O)N1CCc2cc(NS(=O)c3ccc4ccccc4c3)ccc21. The highest BCUT2D eigenvalue weighted by Crippen LogP contribution is 2.32. The number of benzene rings is 3. The summed E-state index contributed by atoms with van der Waals surface area (Å²) in [6, 6.07) is 19.7. The number of hydrogen-bond acceptors (Lipinski definition) is 5. The standard InChI is InChI=1S/C39H46N4O3S/c1-7-30(24-29(6)27-41-20-22-42(23-21-41)36(8-2)38(9-3)46-28(4)5)39(44)43-19-18-33-25-34(15-17-37(33)43)40-47(45)35-16-14-31-12-10-11-13-32(31)26-35/h7-17,24-26,28,40H,1,6,18-23,27H2,2-5H3/b30-24+,36-8+,38-9+. The van der Waals surface area contributed by atoms with Crippen LogP contribution in [0.5, 0.6) is 0 Å². The third kappa shape index (κ3) is 8.13. The Morgan fingerprint density at radius 2 is 1.72 bits per heavy atom. The van der Waals surface area contributed by atoms with Crippen LogP contribution in [-0.2, 0) is 26.9 Å². The van der Waals surface area contributed by atoms with Gasteiger partial charge in [0.15, 0.2) is 0 Å². The lowest BCUT2D eigenvalue weighted by molar-refractivity contribution is -0.114. The van der Waals surface area contributed by atoms with Gasteiger partial charge in [-0.2, -0.15) is 0 Å². The van der Waals surface area contributed by atoms with Crippen LogP contribution < -0.4 is 9.62 Å². The molecule has 3 aromatic carbocycles. The van der Waals surface area contributed by atoms with Gasteiger partial charge in [0.2, 0.25) is 0 Å². The number of allylic oxidation sites excluding steroid dienone is 2. The summed E-state index contributed by atoms with van der Waals surface area (Å²) in [5.74, 6) is 0.830. The van der Waals surface area contributed by atoms with Gasteiger partial charge in [-0.1, -0.05) is 55.6 Å². The van der Waals surface area contributed by atoms with Crippen LogP contribution in [0.2, 0.25) is 0 Å². The van der Waals surface area contributed by atoms with E-state index in [1.807, 2.05) is 93.6 Å². The van der Waals surface area contributed by atoms with Crippen LogP contribution >= 0.6 is 0 Å². The van der Waals surface area contributed by atoms with Gasteiger partial charge in [0.05, 0.1) is 16.7 Å². The number of hydrogen-bond donors (Lipinski definition) is 1. The van der Waals surface area contributed by atoms with E-state index in [1.165, 1.54) is 0 Å². The van der Waals surface area contributed by atoms with Gasteiger partial charge in [0, 0.05) is 56.2 Å². The molecule has 246 valence electrons. The number of piperazine rings is 1. The number of ether oxygens (including phenoxy) is 1. The van der Waals surface area contributed by atoms with Gasteiger partial charge in [0.1, 0.15) is 16.7 Å². The van der Waals surface area contributed by atoms with E-state index in [2.05, 4.69) is 40.7 Å². The molecule has 0 saturated carbocycles. The summed E-state index contributed by atoms with van der Waals surface area (Å²) in [4.78, 5) is 20.9. The molecule has 3 aromatic rings. The number of amides is 1. The van der Waals surface area contributed by atoms with E-state index in [-0.39, 0.29) is 12.0 Å². The third-order valence-electron chi connectivity index (χ3n) is 8.48. The van der Waals surface area contributed by atoms with Crippen molar-refractivity contribution in [3.8, 4) is 0 Å². The molecule has 5 rings (SSSR count). The molecule has 2 heterocycles. The Bertz CT molecular complexity index is 1760. The second-order valence-corrected chi connectivity index (χ2v) is 13.4. The summed E-state index contributed by atoms with van der Waals surface area (Å²) >= 11 is 0. The molecule has 2 aliphatic rings. The fraction of sp³-hybridized carbons (Fsp3) is 0.308. The Balaban J connectivity index is 1.18. The molecular weight excluding hydrogens is 605 g/mol. The smallest absolute Gasteiger partial charge is 0.258 e. The van der Waals surface area contributed by atoms with Crippen molar-refractivity contribution in [2.75, 3.05) is 48.9 Å². The first-order valence-corrected chi connectivity index (χ1v) is 17.5. The average molecular weight is 651 g/mol. The number of rotatable bonds is 12. The molecule has 1 N–H and O–H groups in total. The van der Waals surface area contributed by atoms with Crippen LogP contribution in [0, 0.1) is 0 Å². The molecule has 1 saturated heterocycles. The zero-order valence-electron chi connectivity index (χ0n) is 28.0. The Kier molecular flexibility index (Phi) is 11.2. The molecule has 0 bridgehead atoms. The molecule has 0 aromatic heterocycles. The number of carbonyl (C=O) groups excluding carboxylic acids is 1. The summed E-state index contributed by atoms with van der Waals surface area (Å²) in [6.45, 7) is 21.2. The lowest BCUT2D eigenvalue weighted by atomic mass is 10.1. The zero-order valence-corrected chi connectivity index (χ0v) is 28.8. The fourth-order valence-electron chi connectivity index (χ4n) is 6.20. The molecule has 47 heavy (non-hydrogen) atoms. The number of anilines is 2. The minimum atomic E-state index is -1.41. The number of fused-ring (bicyclic) bond motifs is 2. The minimum absolute atomic E-state index is 0.0908. The summed E-state index contributed by atoms with van der Waals surface area (Å²) in [5, 5.41) is 2.16. The first-order chi connectivity index (χ1) is 22.7. The molecule has 2 aliphatic heterocycles. The van der Waals surface area contributed by atoms with Gasteiger partial charge in [-0.25, -0.2) is 4.21 Å².